The fourth-order valence-electron chi connectivity index (χ4n) is 2.18. The second kappa shape index (κ2) is 6.71. The van der Waals surface area contributed by atoms with Gasteiger partial charge in [0.05, 0.1) is 29.1 Å². The van der Waals surface area contributed by atoms with Crippen LogP contribution in [0.2, 0.25) is 15.1 Å². The predicted octanol–water partition coefficient (Wildman–Crippen LogP) is 5.58. The highest BCUT2D eigenvalue weighted by atomic mass is 35.5. The van der Waals surface area contributed by atoms with Gasteiger partial charge in [0.15, 0.2) is 0 Å². The van der Waals surface area contributed by atoms with Crippen LogP contribution in [-0.4, -0.2) is 18.3 Å². The van der Waals surface area contributed by atoms with Crippen molar-refractivity contribution >= 4 is 57.6 Å². The number of nitrogens with zero attached hydrogens (tertiary/aromatic N) is 1. The minimum Gasteiger partial charge on any atom is -0.497 e. The van der Waals surface area contributed by atoms with E-state index in [1.165, 1.54) is 0 Å². The van der Waals surface area contributed by atoms with Crippen LogP contribution in [0.25, 0.3) is 10.9 Å². The summed E-state index contributed by atoms with van der Waals surface area (Å²) >= 11 is 18.1. The summed E-state index contributed by atoms with van der Waals surface area (Å²) in [6.07, 6.45) is 3.55. The van der Waals surface area contributed by atoms with Gasteiger partial charge in [-0.25, -0.2) is 0 Å². The number of H-pyrrole nitrogens is 1. The summed E-state index contributed by atoms with van der Waals surface area (Å²) < 4.78 is 5.20. The highest BCUT2D eigenvalue weighted by molar-refractivity contribution is 6.41. The molecule has 0 aliphatic rings. The van der Waals surface area contributed by atoms with E-state index in [0.29, 0.717) is 20.8 Å². The summed E-state index contributed by atoms with van der Waals surface area (Å²) in [5, 5.41) is 6.51. The molecule has 7 heteroatoms. The Morgan fingerprint density at radius 2 is 1.87 bits per heavy atom. The molecule has 0 aliphatic carbocycles. The highest BCUT2D eigenvalue weighted by Gasteiger charge is 2.07. The lowest BCUT2D eigenvalue weighted by atomic mass is 10.2. The van der Waals surface area contributed by atoms with Crippen LogP contribution in [0.4, 0.5) is 5.69 Å². The van der Waals surface area contributed by atoms with Gasteiger partial charge in [-0.3, -0.25) is 5.43 Å². The molecule has 0 radical (unpaired) electrons. The van der Waals surface area contributed by atoms with Gasteiger partial charge >= 0.3 is 0 Å². The third-order valence-electron chi connectivity index (χ3n) is 3.31. The first-order valence-corrected chi connectivity index (χ1v) is 7.80. The fourth-order valence-corrected chi connectivity index (χ4v) is 3.08. The third-order valence-corrected chi connectivity index (χ3v) is 4.12. The Morgan fingerprint density at radius 1 is 1.13 bits per heavy atom. The van der Waals surface area contributed by atoms with Crippen molar-refractivity contribution in [2.75, 3.05) is 12.5 Å². The number of benzene rings is 2. The Labute approximate surface area is 148 Å². The van der Waals surface area contributed by atoms with E-state index < -0.39 is 0 Å². The number of methoxy groups -OCH3 is 1. The minimum absolute atomic E-state index is 0.406. The van der Waals surface area contributed by atoms with E-state index in [2.05, 4.69) is 15.5 Å². The zero-order valence-electron chi connectivity index (χ0n) is 12.0. The molecule has 2 N–H and O–H groups in total. The van der Waals surface area contributed by atoms with Gasteiger partial charge < -0.3 is 9.72 Å². The Kier molecular flexibility index (Phi) is 4.66. The van der Waals surface area contributed by atoms with Crippen molar-refractivity contribution in [1.29, 1.82) is 0 Å². The number of ether oxygens (including phenoxy) is 1. The first kappa shape index (κ1) is 16.0. The molecule has 0 unspecified atom stereocenters. The molecule has 23 heavy (non-hydrogen) atoms. The number of halogens is 3. The van der Waals surface area contributed by atoms with Gasteiger partial charge in [-0.2, -0.15) is 5.10 Å². The normalized spacial score (nSPS) is 11.3. The maximum atomic E-state index is 6.10. The van der Waals surface area contributed by atoms with Crippen LogP contribution in [0.3, 0.4) is 0 Å². The Balaban J connectivity index is 1.84. The molecule has 0 atom stereocenters. The molecule has 2 aromatic carbocycles. The van der Waals surface area contributed by atoms with Crippen molar-refractivity contribution in [3.8, 4) is 5.75 Å². The molecule has 0 amide bonds. The average molecular weight is 369 g/mol. The molecule has 0 saturated carbocycles. The second-order valence-corrected chi connectivity index (χ2v) is 6.02. The van der Waals surface area contributed by atoms with Crippen LogP contribution in [0, 0.1) is 0 Å². The lowest BCUT2D eigenvalue weighted by Crippen LogP contribution is -1.92. The standard InChI is InChI=1S/C16H12Cl3N3O/c1-23-11-2-3-12-9(7-20-15(12)6-11)8-21-22-16-13(18)4-10(17)5-14(16)19/h2-8,20,22H,1H3/b21-8+. The van der Waals surface area contributed by atoms with Crippen LogP contribution in [-0.2, 0) is 0 Å². The number of rotatable bonds is 4. The van der Waals surface area contributed by atoms with Crippen LogP contribution < -0.4 is 10.2 Å². The van der Waals surface area contributed by atoms with Crippen molar-refractivity contribution in [2.45, 2.75) is 0 Å². The zero-order valence-corrected chi connectivity index (χ0v) is 14.3. The van der Waals surface area contributed by atoms with Crippen LogP contribution in [0.15, 0.2) is 41.6 Å². The first-order chi connectivity index (χ1) is 11.1. The third kappa shape index (κ3) is 3.39. The van der Waals surface area contributed by atoms with Gasteiger partial charge in [-0.1, -0.05) is 34.8 Å². The molecule has 1 aromatic heterocycles. The van der Waals surface area contributed by atoms with Crippen molar-refractivity contribution in [3.63, 3.8) is 0 Å². The van der Waals surface area contributed by atoms with E-state index in [1.807, 2.05) is 24.4 Å². The highest BCUT2D eigenvalue weighted by Crippen LogP contribution is 2.33. The first-order valence-electron chi connectivity index (χ1n) is 6.67. The van der Waals surface area contributed by atoms with E-state index in [4.69, 9.17) is 39.5 Å². The van der Waals surface area contributed by atoms with Gasteiger partial charge in [0, 0.05) is 33.8 Å². The number of aromatic amines is 1. The van der Waals surface area contributed by atoms with E-state index in [-0.39, 0.29) is 0 Å². The van der Waals surface area contributed by atoms with Crippen molar-refractivity contribution in [2.24, 2.45) is 5.10 Å². The smallest absolute Gasteiger partial charge is 0.120 e. The molecule has 1 heterocycles. The SMILES string of the molecule is COc1ccc2c(/C=N/Nc3c(Cl)cc(Cl)cc3Cl)c[nH]c2c1. The average Bonchev–Trinajstić information content (AvgIpc) is 2.92. The quantitative estimate of drug-likeness (QED) is 0.466. The number of nitrogens with one attached hydrogen (secondary N) is 2. The van der Waals surface area contributed by atoms with Crippen molar-refractivity contribution < 1.29 is 4.74 Å². The topological polar surface area (TPSA) is 49.4 Å². The summed E-state index contributed by atoms with van der Waals surface area (Å²) in [7, 11) is 1.63. The number of hydrogen-bond donors (Lipinski definition) is 2. The molecule has 0 spiro atoms. The summed E-state index contributed by atoms with van der Waals surface area (Å²) in [5.74, 6) is 0.792. The van der Waals surface area contributed by atoms with Crippen LogP contribution >= 0.6 is 34.8 Å². The lowest BCUT2D eigenvalue weighted by Gasteiger charge is -2.06. The van der Waals surface area contributed by atoms with Crippen molar-refractivity contribution in [3.05, 3.63) is 57.2 Å². The number of fused-ring (bicyclic) bond motifs is 1. The molecule has 3 rings (SSSR count). The molecule has 0 fully saturated rings. The monoisotopic (exact) mass is 367 g/mol. The Hall–Kier alpha value is -1.88. The molecule has 4 nitrogen and oxygen atoms in total. The second-order valence-electron chi connectivity index (χ2n) is 4.77. The molecule has 118 valence electrons. The zero-order chi connectivity index (χ0) is 16.4. The molecular formula is C16H12Cl3N3O. The minimum atomic E-state index is 0.406. The van der Waals surface area contributed by atoms with Crippen LogP contribution in [0.1, 0.15) is 5.56 Å². The summed E-state index contributed by atoms with van der Waals surface area (Å²) in [5.41, 5.74) is 5.25. The van der Waals surface area contributed by atoms with Gasteiger partial charge in [0.1, 0.15) is 5.75 Å². The predicted molar refractivity (Wildman–Crippen MR) is 97.5 cm³/mol. The van der Waals surface area contributed by atoms with Crippen molar-refractivity contribution in [1.82, 2.24) is 4.98 Å². The van der Waals surface area contributed by atoms with Gasteiger partial charge in [-0.15, -0.1) is 0 Å². The molecule has 0 aliphatic heterocycles. The van der Waals surface area contributed by atoms with E-state index in [9.17, 15) is 0 Å². The molecular weight excluding hydrogens is 357 g/mol. The van der Waals surface area contributed by atoms with Gasteiger partial charge in [0.25, 0.3) is 0 Å². The lowest BCUT2D eigenvalue weighted by molar-refractivity contribution is 0.415. The van der Waals surface area contributed by atoms with Crippen LogP contribution in [0.5, 0.6) is 5.75 Å². The van der Waals surface area contributed by atoms with Gasteiger partial charge in [-0.05, 0) is 24.3 Å². The van der Waals surface area contributed by atoms with E-state index in [0.717, 1.165) is 22.2 Å². The number of hydrazone groups is 1. The molecule has 0 bridgehead atoms. The summed E-state index contributed by atoms with van der Waals surface area (Å²) in [6, 6.07) is 8.99. The maximum absolute atomic E-state index is 6.10. The van der Waals surface area contributed by atoms with E-state index >= 15 is 0 Å². The Morgan fingerprint density at radius 3 is 2.57 bits per heavy atom. The molecule has 3 aromatic rings. The summed E-state index contributed by atoms with van der Waals surface area (Å²) in [4.78, 5) is 3.17. The van der Waals surface area contributed by atoms with Gasteiger partial charge in [0.2, 0.25) is 0 Å². The largest absolute Gasteiger partial charge is 0.497 e. The number of hydrogen-bond acceptors (Lipinski definition) is 3. The maximum Gasteiger partial charge on any atom is 0.120 e. The molecule has 0 saturated heterocycles. The Bertz CT molecular complexity index is 866. The number of anilines is 1. The summed E-state index contributed by atoms with van der Waals surface area (Å²) in [6.45, 7) is 0. The van der Waals surface area contributed by atoms with E-state index in [1.54, 1.807) is 25.5 Å². The number of aromatic nitrogens is 1. The fraction of sp³-hybridized carbons (Fsp3) is 0.0625.